The monoisotopic (exact) mass is 271 g/mol. The molecular weight excluding hydrogens is 250 g/mol. The predicted molar refractivity (Wildman–Crippen MR) is 80.1 cm³/mol. The Morgan fingerprint density at radius 2 is 2.10 bits per heavy atom. The minimum atomic E-state index is 0.365. The lowest BCUT2D eigenvalue weighted by Gasteiger charge is -2.12. The van der Waals surface area contributed by atoms with E-state index >= 15 is 0 Å². The topological polar surface area (TPSA) is 47.0 Å². The van der Waals surface area contributed by atoms with Gasteiger partial charge in [-0.2, -0.15) is 0 Å². The maximum absolute atomic E-state index is 5.89. The van der Waals surface area contributed by atoms with E-state index in [-0.39, 0.29) is 0 Å². The molecule has 106 valence electrons. The highest BCUT2D eigenvalue weighted by molar-refractivity contribution is 5.33. The zero-order valence-electron chi connectivity index (χ0n) is 12.5. The van der Waals surface area contributed by atoms with Crippen LogP contribution < -0.4 is 10.1 Å². The van der Waals surface area contributed by atoms with Crippen LogP contribution in [0, 0.1) is 6.92 Å². The van der Waals surface area contributed by atoms with Gasteiger partial charge in [0.2, 0.25) is 5.88 Å². The number of nitrogens with zero attached hydrogens (tertiary/aromatic N) is 2. The van der Waals surface area contributed by atoms with Gasteiger partial charge in [-0.15, -0.1) is 0 Å². The Morgan fingerprint density at radius 3 is 2.75 bits per heavy atom. The molecule has 1 N–H and O–H groups in total. The highest BCUT2D eigenvalue weighted by Crippen LogP contribution is 2.25. The molecule has 0 radical (unpaired) electrons. The molecule has 0 saturated heterocycles. The van der Waals surface area contributed by atoms with Crippen molar-refractivity contribution in [3.05, 3.63) is 47.4 Å². The van der Waals surface area contributed by atoms with Crippen LogP contribution in [0.3, 0.4) is 0 Å². The van der Waals surface area contributed by atoms with Crippen LogP contribution in [0.5, 0.6) is 11.6 Å². The van der Waals surface area contributed by atoms with Crippen LogP contribution in [0.25, 0.3) is 0 Å². The third-order valence-electron chi connectivity index (χ3n) is 3.03. The van der Waals surface area contributed by atoms with E-state index < -0.39 is 0 Å². The third kappa shape index (κ3) is 3.54. The summed E-state index contributed by atoms with van der Waals surface area (Å²) in [6.45, 7) is 6.98. The van der Waals surface area contributed by atoms with Crippen molar-refractivity contribution in [2.75, 3.05) is 7.05 Å². The summed E-state index contributed by atoms with van der Waals surface area (Å²) in [6, 6.07) is 7.85. The summed E-state index contributed by atoms with van der Waals surface area (Å²) in [6.07, 6.45) is 1.76. The molecule has 0 aromatic carbocycles. The van der Waals surface area contributed by atoms with Crippen LogP contribution in [-0.2, 0) is 6.54 Å². The van der Waals surface area contributed by atoms with Crippen molar-refractivity contribution in [2.24, 2.45) is 0 Å². The summed E-state index contributed by atoms with van der Waals surface area (Å²) in [4.78, 5) is 8.80. The van der Waals surface area contributed by atoms with Gasteiger partial charge in [0.1, 0.15) is 0 Å². The first-order valence-corrected chi connectivity index (χ1v) is 6.85. The Morgan fingerprint density at radius 1 is 1.30 bits per heavy atom. The summed E-state index contributed by atoms with van der Waals surface area (Å²) in [5.74, 6) is 1.73. The highest BCUT2D eigenvalue weighted by Gasteiger charge is 2.09. The normalized spacial score (nSPS) is 10.8. The van der Waals surface area contributed by atoms with Crippen molar-refractivity contribution in [1.82, 2.24) is 15.3 Å². The molecular formula is C16H21N3O. The largest absolute Gasteiger partial charge is 0.437 e. The van der Waals surface area contributed by atoms with Crippen molar-refractivity contribution in [3.8, 4) is 11.6 Å². The second kappa shape index (κ2) is 6.48. The van der Waals surface area contributed by atoms with Crippen LogP contribution in [0.1, 0.15) is 36.7 Å². The van der Waals surface area contributed by atoms with Crippen molar-refractivity contribution < 1.29 is 4.74 Å². The summed E-state index contributed by atoms with van der Waals surface area (Å²) in [5.41, 5.74) is 3.07. The smallest absolute Gasteiger partial charge is 0.219 e. The van der Waals surface area contributed by atoms with Gasteiger partial charge in [-0.3, -0.25) is 4.98 Å². The molecule has 2 heterocycles. The van der Waals surface area contributed by atoms with E-state index in [0.717, 1.165) is 23.7 Å². The summed E-state index contributed by atoms with van der Waals surface area (Å²) < 4.78 is 5.89. The van der Waals surface area contributed by atoms with Crippen LogP contribution in [0.2, 0.25) is 0 Å². The van der Waals surface area contributed by atoms with E-state index in [1.54, 1.807) is 6.20 Å². The van der Waals surface area contributed by atoms with E-state index in [4.69, 9.17) is 4.74 Å². The molecule has 0 atom stereocenters. The van der Waals surface area contributed by atoms with Gasteiger partial charge in [0.15, 0.2) is 5.75 Å². The highest BCUT2D eigenvalue weighted by atomic mass is 16.5. The number of rotatable bonds is 5. The lowest BCUT2D eigenvalue weighted by molar-refractivity contribution is 0.452. The first-order valence-electron chi connectivity index (χ1n) is 6.85. The van der Waals surface area contributed by atoms with E-state index in [9.17, 15) is 0 Å². The number of hydrogen-bond donors (Lipinski definition) is 1. The standard InChI is InChI=1S/C16H21N3O/c1-11(2)14-8-13(10-17-4)9-16(19-14)20-15-6-5-7-18-12(15)3/h5-9,11,17H,10H2,1-4H3. The molecule has 20 heavy (non-hydrogen) atoms. The van der Waals surface area contributed by atoms with Crippen LogP contribution in [0.4, 0.5) is 0 Å². The quantitative estimate of drug-likeness (QED) is 0.905. The Balaban J connectivity index is 2.33. The first-order chi connectivity index (χ1) is 9.60. The summed E-state index contributed by atoms with van der Waals surface area (Å²) in [5, 5.41) is 3.16. The van der Waals surface area contributed by atoms with Gasteiger partial charge in [0.25, 0.3) is 0 Å². The molecule has 0 aliphatic carbocycles. The van der Waals surface area contributed by atoms with Gasteiger partial charge in [-0.1, -0.05) is 13.8 Å². The number of pyridine rings is 2. The van der Waals surface area contributed by atoms with Crippen molar-refractivity contribution in [3.63, 3.8) is 0 Å². The van der Waals surface area contributed by atoms with Gasteiger partial charge in [-0.05, 0) is 43.7 Å². The second-order valence-electron chi connectivity index (χ2n) is 5.11. The Kier molecular flexibility index (Phi) is 4.69. The fourth-order valence-electron chi connectivity index (χ4n) is 1.93. The zero-order chi connectivity index (χ0) is 14.5. The van der Waals surface area contributed by atoms with Gasteiger partial charge in [0, 0.05) is 24.5 Å². The van der Waals surface area contributed by atoms with E-state index in [1.165, 1.54) is 5.56 Å². The molecule has 0 spiro atoms. The molecule has 2 rings (SSSR count). The number of hydrogen-bond acceptors (Lipinski definition) is 4. The average Bonchev–Trinajstić information content (AvgIpc) is 2.41. The molecule has 0 bridgehead atoms. The van der Waals surface area contributed by atoms with Gasteiger partial charge in [0.05, 0.1) is 5.69 Å². The zero-order valence-corrected chi connectivity index (χ0v) is 12.5. The van der Waals surface area contributed by atoms with Gasteiger partial charge >= 0.3 is 0 Å². The predicted octanol–water partition coefficient (Wildman–Crippen LogP) is 3.42. The van der Waals surface area contributed by atoms with Crippen LogP contribution in [0.15, 0.2) is 30.5 Å². The van der Waals surface area contributed by atoms with E-state index in [1.807, 2.05) is 32.2 Å². The van der Waals surface area contributed by atoms with Crippen LogP contribution >= 0.6 is 0 Å². The van der Waals surface area contributed by atoms with Crippen molar-refractivity contribution >= 4 is 0 Å². The summed E-state index contributed by atoms with van der Waals surface area (Å²) >= 11 is 0. The van der Waals surface area contributed by atoms with Crippen LogP contribution in [-0.4, -0.2) is 17.0 Å². The molecule has 4 heteroatoms. The number of aryl methyl sites for hydroxylation is 1. The molecule has 2 aromatic heterocycles. The number of nitrogens with one attached hydrogen (secondary N) is 1. The van der Waals surface area contributed by atoms with Crippen molar-refractivity contribution in [2.45, 2.75) is 33.2 Å². The first kappa shape index (κ1) is 14.5. The van der Waals surface area contributed by atoms with Crippen molar-refractivity contribution in [1.29, 1.82) is 0 Å². The minimum Gasteiger partial charge on any atom is -0.437 e. The molecule has 0 amide bonds. The molecule has 0 aliphatic heterocycles. The third-order valence-corrected chi connectivity index (χ3v) is 3.03. The van der Waals surface area contributed by atoms with Gasteiger partial charge in [-0.25, -0.2) is 4.98 Å². The maximum Gasteiger partial charge on any atom is 0.219 e. The lowest BCUT2D eigenvalue weighted by atomic mass is 10.1. The number of ether oxygens (including phenoxy) is 1. The summed E-state index contributed by atoms with van der Waals surface area (Å²) in [7, 11) is 1.93. The average molecular weight is 271 g/mol. The minimum absolute atomic E-state index is 0.365. The Hall–Kier alpha value is -1.94. The fourth-order valence-corrected chi connectivity index (χ4v) is 1.93. The number of aromatic nitrogens is 2. The fraction of sp³-hybridized carbons (Fsp3) is 0.375. The molecule has 0 saturated carbocycles. The molecule has 2 aromatic rings. The second-order valence-corrected chi connectivity index (χ2v) is 5.11. The Labute approximate surface area is 120 Å². The molecule has 4 nitrogen and oxygen atoms in total. The SMILES string of the molecule is CNCc1cc(Oc2cccnc2C)nc(C(C)C)c1. The van der Waals surface area contributed by atoms with Gasteiger partial charge < -0.3 is 10.1 Å². The molecule has 0 unspecified atom stereocenters. The van der Waals surface area contributed by atoms with E-state index in [2.05, 4.69) is 35.2 Å². The maximum atomic E-state index is 5.89. The van der Waals surface area contributed by atoms with E-state index in [0.29, 0.717) is 11.8 Å². The molecule has 0 fully saturated rings. The molecule has 0 aliphatic rings. The Bertz CT molecular complexity index is 582. The lowest BCUT2D eigenvalue weighted by Crippen LogP contribution is -2.07.